The predicted octanol–water partition coefficient (Wildman–Crippen LogP) is 3.26. The summed E-state index contributed by atoms with van der Waals surface area (Å²) in [5, 5.41) is 0. The van der Waals surface area contributed by atoms with Crippen LogP contribution in [0.2, 0.25) is 0 Å². The molecular formula is C24H34BNO4. The summed E-state index contributed by atoms with van der Waals surface area (Å²) in [5.41, 5.74) is 2.26. The molecule has 0 radical (unpaired) electrons. The average Bonchev–Trinajstić information content (AvgIpc) is 3.06. The van der Waals surface area contributed by atoms with E-state index in [1.54, 1.807) is 0 Å². The molecule has 5 rings (SSSR count). The number of benzene rings is 1. The molecule has 2 atom stereocenters. The Morgan fingerprint density at radius 1 is 1.03 bits per heavy atom. The lowest BCUT2D eigenvalue weighted by Gasteiger charge is -2.34. The van der Waals surface area contributed by atoms with Crippen molar-refractivity contribution in [3.63, 3.8) is 0 Å². The van der Waals surface area contributed by atoms with E-state index in [1.165, 1.54) is 12.0 Å². The second-order valence-electron chi connectivity index (χ2n) is 10.7. The molecule has 3 aliphatic heterocycles. The lowest BCUT2D eigenvalue weighted by Crippen LogP contribution is -2.44. The van der Waals surface area contributed by atoms with E-state index < -0.39 is 0 Å². The second kappa shape index (κ2) is 7.08. The van der Waals surface area contributed by atoms with Crippen molar-refractivity contribution in [1.29, 1.82) is 0 Å². The van der Waals surface area contributed by atoms with Crippen LogP contribution in [-0.4, -0.2) is 54.9 Å². The molecule has 1 aliphatic carbocycles. The molecule has 3 heterocycles. The third-order valence-electron chi connectivity index (χ3n) is 8.33. The predicted molar refractivity (Wildman–Crippen MR) is 117 cm³/mol. The largest absolute Gasteiger partial charge is 0.494 e. The van der Waals surface area contributed by atoms with Gasteiger partial charge in [0.05, 0.1) is 11.2 Å². The van der Waals surface area contributed by atoms with Gasteiger partial charge < -0.3 is 18.9 Å². The number of carbonyl (C=O) groups is 1. The molecule has 1 amide bonds. The van der Waals surface area contributed by atoms with Gasteiger partial charge in [0, 0.05) is 19.7 Å². The zero-order valence-electron chi connectivity index (χ0n) is 18.8. The Bertz CT molecular complexity index is 791. The van der Waals surface area contributed by atoms with E-state index in [-0.39, 0.29) is 30.3 Å². The van der Waals surface area contributed by atoms with Crippen molar-refractivity contribution >= 4 is 18.5 Å². The summed E-state index contributed by atoms with van der Waals surface area (Å²) in [6.07, 6.45) is 5.17. The van der Waals surface area contributed by atoms with Crippen molar-refractivity contribution in [2.45, 2.75) is 83.0 Å². The van der Waals surface area contributed by atoms with Crippen LogP contribution < -0.4 is 5.46 Å². The van der Waals surface area contributed by atoms with Gasteiger partial charge in [0.1, 0.15) is 6.10 Å². The van der Waals surface area contributed by atoms with Crippen LogP contribution in [0.15, 0.2) is 24.3 Å². The number of amides is 1. The number of rotatable bonds is 3. The van der Waals surface area contributed by atoms with E-state index in [1.807, 2.05) is 4.90 Å². The fourth-order valence-electron chi connectivity index (χ4n) is 5.38. The quantitative estimate of drug-likeness (QED) is 0.717. The lowest BCUT2D eigenvalue weighted by atomic mass is 9.78. The molecule has 3 saturated heterocycles. The van der Waals surface area contributed by atoms with Gasteiger partial charge in [-0.25, -0.2) is 0 Å². The highest BCUT2D eigenvalue weighted by Crippen LogP contribution is 2.64. The Balaban J connectivity index is 1.19. The van der Waals surface area contributed by atoms with Crippen LogP contribution in [0.5, 0.6) is 0 Å². The average molecular weight is 411 g/mol. The fraction of sp³-hybridized carbons (Fsp3) is 0.708. The van der Waals surface area contributed by atoms with E-state index in [0.29, 0.717) is 11.3 Å². The minimum absolute atomic E-state index is 0.184. The molecule has 162 valence electrons. The summed E-state index contributed by atoms with van der Waals surface area (Å²) < 4.78 is 18.0. The molecule has 0 N–H and O–H groups in total. The highest BCUT2D eigenvalue weighted by atomic mass is 16.7. The molecule has 1 saturated carbocycles. The number of nitrogens with zero attached hydrogens (tertiary/aromatic N) is 1. The number of piperidine rings is 1. The van der Waals surface area contributed by atoms with Crippen molar-refractivity contribution in [3.8, 4) is 0 Å². The first-order chi connectivity index (χ1) is 14.2. The highest BCUT2D eigenvalue weighted by Gasteiger charge is 2.56. The molecule has 6 heteroatoms. The van der Waals surface area contributed by atoms with E-state index in [2.05, 4.69) is 52.0 Å². The fourth-order valence-corrected chi connectivity index (χ4v) is 5.38. The number of carbonyl (C=O) groups excluding carboxylic acids is 1. The molecular weight excluding hydrogens is 377 g/mol. The molecule has 30 heavy (non-hydrogen) atoms. The van der Waals surface area contributed by atoms with Gasteiger partial charge in [0.25, 0.3) is 5.91 Å². The Morgan fingerprint density at radius 2 is 1.67 bits per heavy atom. The zero-order valence-corrected chi connectivity index (χ0v) is 18.8. The first-order valence-corrected chi connectivity index (χ1v) is 11.6. The van der Waals surface area contributed by atoms with Gasteiger partial charge in [-0.1, -0.05) is 24.3 Å². The molecule has 1 aromatic rings. The molecule has 4 aliphatic rings. The van der Waals surface area contributed by atoms with Gasteiger partial charge >= 0.3 is 7.12 Å². The molecule has 0 aromatic heterocycles. The maximum absolute atomic E-state index is 12.6. The summed E-state index contributed by atoms with van der Waals surface area (Å²) >= 11 is 0. The third kappa shape index (κ3) is 3.41. The standard InChI is InChI=1S/C24H34BNO4/c1-22(2)23(3,4)30-25(29-22)18-9-7-17(8-10-18)19-16-24(19)11-13-26(14-12-24)21(27)20-6-5-15-28-20/h7-10,19-20H,5-6,11-16H2,1-4H3/t19-,20-/m0/s1. The molecule has 4 fully saturated rings. The normalized spacial score (nSPS) is 31.3. The Kier molecular flexibility index (Phi) is 4.84. The monoisotopic (exact) mass is 411 g/mol. The Morgan fingerprint density at radius 3 is 2.23 bits per heavy atom. The van der Waals surface area contributed by atoms with Gasteiger partial charge in [0.15, 0.2) is 0 Å². The number of hydrogen-bond donors (Lipinski definition) is 0. The second-order valence-corrected chi connectivity index (χ2v) is 10.7. The van der Waals surface area contributed by atoms with Gasteiger partial charge in [-0.3, -0.25) is 4.79 Å². The minimum Gasteiger partial charge on any atom is -0.399 e. The summed E-state index contributed by atoms with van der Waals surface area (Å²) in [6, 6.07) is 8.84. The van der Waals surface area contributed by atoms with Crippen LogP contribution in [0.25, 0.3) is 0 Å². The van der Waals surface area contributed by atoms with Gasteiger partial charge in [-0.2, -0.15) is 0 Å². The van der Waals surface area contributed by atoms with Gasteiger partial charge in [-0.05, 0) is 82.2 Å². The number of likely N-dealkylation sites (tertiary alicyclic amines) is 1. The van der Waals surface area contributed by atoms with Crippen molar-refractivity contribution in [3.05, 3.63) is 29.8 Å². The molecule has 1 aromatic carbocycles. The maximum atomic E-state index is 12.6. The number of hydrogen-bond acceptors (Lipinski definition) is 4. The Hall–Kier alpha value is -1.37. The van der Waals surface area contributed by atoms with Crippen LogP contribution in [0.3, 0.4) is 0 Å². The molecule has 5 nitrogen and oxygen atoms in total. The van der Waals surface area contributed by atoms with Gasteiger partial charge in [-0.15, -0.1) is 0 Å². The first-order valence-electron chi connectivity index (χ1n) is 11.6. The summed E-state index contributed by atoms with van der Waals surface area (Å²) in [6.45, 7) is 10.8. The summed E-state index contributed by atoms with van der Waals surface area (Å²) in [4.78, 5) is 14.7. The topological polar surface area (TPSA) is 48.0 Å². The highest BCUT2D eigenvalue weighted by molar-refractivity contribution is 6.62. The first kappa shape index (κ1) is 20.5. The van der Waals surface area contributed by atoms with E-state index >= 15 is 0 Å². The number of ether oxygens (including phenoxy) is 1. The summed E-state index contributed by atoms with van der Waals surface area (Å²) in [5.74, 6) is 0.830. The molecule has 0 bridgehead atoms. The maximum Gasteiger partial charge on any atom is 0.494 e. The Labute approximate surface area is 180 Å². The van der Waals surface area contributed by atoms with Crippen molar-refractivity contribution in [1.82, 2.24) is 4.90 Å². The van der Waals surface area contributed by atoms with E-state index in [9.17, 15) is 4.79 Å². The van der Waals surface area contributed by atoms with Crippen molar-refractivity contribution < 1.29 is 18.8 Å². The van der Waals surface area contributed by atoms with Crippen molar-refractivity contribution in [2.75, 3.05) is 19.7 Å². The zero-order chi connectivity index (χ0) is 21.1. The van der Waals surface area contributed by atoms with E-state index in [4.69, 9.17) is 14.0 Å². The third-order valence-corrected chi connectivity index (χ3v) is 8.33. The van der Waals surface area contributed by atoms with Gasteiger partial charge in [0.2, 0.25) is 0 Å². The summed E-state index contributed by atoms with van der Waals surface area (Å²) in [7, 11) is -0.302. The van der Waals surface area contributed by atoms with Crippen molar-refractivity contribution in [2.24, 2.45) is 5.41 Å². The minimum atomic E-state index is -0.314. The lowest BCUT2D eigenvalue weighted by molar-refractivity contribution is -0.142. The smallest absolute Gasteiger partial charge is 0.399 e. The van der Waals surface area contributed by atoms with Crippen LogP contribution >= 0.6 is 0 Å². The molecule has 0 unspecified atom stereocenters. The van der Waals surface area contributed by atoms with Crippen LogP contribution in [0.4, 0.5) is 0 Å². The SMILES string of the molecule is CC1(C)OB(c2ccc([C@@H]3CC34CCN(C(=O)[C@@H]3CCCO3)CC4)cc2)OC1(C)C. The van der Waals surface area contributed by atoms with Crippen LogP contribution in [-0.2, 0) is 18.8 Å². The molecule has 1 spiro atoms. The van der Waals surface area contributed by atoms with Crippen LogP contribution in [0.1, 0.15) is 71.3 Å². The van der Waals surface area contributed by atoms with Crippen LogP contribution in [0, 0.1) is 5.41 Å². The van der Waals surface area contributed by atoms with E-state index in [0.717, 1.165) is 50.8 Å².